The quantitative estimate of drug-likeness (QED) is 0.919. The highest BCUT2D eigenvalue weighted by Crippen LogP contribution is 2.39. The number of likely N-dealkylation sites (tertiary alicyclic amines) is 1. The van der Waals surface area contributed by atoms with E-state index in [9.17, 15) is 4.39 Å². The van der Waals surface area contributed by atoms with E-state index in [0.29, 0.717) is 25.2 Å². The number of morpholine rings is 1. The number of hydrogen-bond donors (Lipinski definition) is 1. The van der Waals surface area contributed by atoms with Gasteiger partial charge in [0.1, 0.15) is 5.82 Å². The summed E-state index contributed by atoms with van der Waals surface area (Å²) in [5.74, 6) is 0.360. The largest absolute Gasteiger partial charge is 0.378 e. The smallest absolute Gasteiger partial charge is 0.125 e. The summed E-state index contributed by atoms with van der Waals surface area (Å²) >= 11 is 0. The molecule has 2 atom stereocenters. The van der Waals surface area contributed by atoms with Crippen LogP contribution in [0.5, 0.6) is 0 Å². The third-order valence-corrected chi connectivity index (χ3v) is 4.67. The summed E-state index contributed by atoms with van der Waals surface area (Å²) in [5.41, 5.74) is 8.07. The fourth-order valence-corrected chi connectivity index (χ4v) is 3.52. The van der Waals surface area contributed by atoms with E-state index in [1.807, 2.05) is 6.07 Å². The van der Waals surface area contributed by atoms with E-state index in [0.717, 1.165) is 38.3 Å². The number of nitrogens with two attached hydrogens (primary N) is 1. The van der Waals surface area contributed by atoms with Gasteiger partial charge in [0.05, 0.1) is 13.2 Å². The monoisotopic (exact) mass is 293 g/mol. The lowest BCUT2D eigenvalue weighted by Crippen LogP contribution is -2.37. The second kappa shape index (κ2) is 6.30. The molecule has 21 heavy (non-hydrogen) atoms. The SMILES string of the molecule is CN1CC(CN)CC1c1ccc(F)cc1N1CCOCC1. The predicted molar refractivity (Wildman–Crippen MR) is 82.0 cm³/mol. The average molecular weight is 293 g/mol. The van der Waals surface area contributed by atoms with Crippen molar-refractivity contribution in [1.82, 2.24) is 4.90 Å². The maximum Gasteiger partial charge on any atom is 0.125 e. The number of hydrogen-bond acceptors (Lipinski definition) is 4. The highest BCUT2D eigenvalue weighted by atomic mass is 19.1. The summed E-state index contributed by atoms with van der Waals surface area (Å²) in [6.07, 6.45) is 1.05. The van der Waals surface area contributed by atoms with Crippen molar-refractivity contribution >= 4 is 5.69 Å². The lowest BCUT2D eigenvalue weighted by molar-refractivity contribution is 0.122. The van der Waals surface area contributed by atoms with Crippen molar-refractivity contribution in [2.24, 2.45) is 11.7 Å². The second-order valence-corrected chi connectivity index (χ2v) is 6.10. The van der Waals surface area contributed by atoms with Crippen molar-refractivity contribution in [3.8, 4) is 0 Å². The molecule has 2 aliphatic rings. The van der Waals surface area contributed by atoms with Crippen molar-refractivity contribution in [3.05, 3.63) is 29.6 Å². The van der Waals surface area contributed by atoms with Gasteiger partial charge in [-0.3, -0.25) is 4.90 Å². The van der Waals surface area contributed by atoms with Gasteiger partial charge >= 0.3 is 0 Å². The zero-order chi connectivity index (χ0) is 14.8. The van der Waals surface area contributed by atoms with Crippen molar-refractivity contribution in [3.63, 3.8) is 0 Å². The van der Waals surface area contributed by atoms with Crippen LogP contribution in [-0.2, 0) is 4.74 Å². The Labute approximate surface area is 125 Å². The second-order valence-electron chi connectivity index (χ2n) is 6.10. The summed E-state index contributed by atoms with van der Waals surface area (Å²) in [7, 11) is 2.13. The van der Waals surface area contributed by atoms with Crippen LogP contribution in [0.4, 0.5) is 10.1 Å². The average Bonchev–Trinajstić information content (AvgIpc) is 2.89. The molecule has 0 spiro atoms. The van der Waals surface area contributed by atoms with Crippen LogP contribution in [0.3, 0.4) is 0 Å². The topological polar surface area (TPSA) is 41.7 Å². The van der Waals surface area contributed by atoms with Crippen LogP contribution in [0.15, 0.2) is 18.2 Å². The molecule has 116 valence electrons. The first-order chi connectivity index (χ1) is 10.2. The highest BCUT2D eigenvalue weighted by Gasteiger charge is 2.32. The molecule has 0 radical (unpaired) electrons. The molecule has 2 aliphatic heterocycles. The maximum absolute atomic E-state index is 13.7. The molecular weight excluding hydrogens is 269 g/mol. The molecule has 1 aromatic carbocycles. The number of nitrogens with zero attached hydrogens (tertiary/aromatic N) is 2. The molecule has 2 fully saturated rings. The van der Waals surface area contributed by atoms with Crippen LogP contribution in [-0.4, -0.2) is 51.3 Å². The summed E-state index contributed by atoms with van der Waals surface area (Å²) in [5, 5.41) is 0. The minimum absolute atomic E-state index is 0.170. The van der Waals surface area contributed by atoms with Crippen molar-refractivity contribution in [2.45, 2.75) is 12.5 Å². The van der Waals surface area contributed by atoms with Crippen molar-refractivity contribution < 1.29 is 9.13 Å². The van der Waals surface area contributed by atoms with Gasteiger partial charge in [0.15, 0.2) is 0 Å². The lowest BCUT2D eigenvalue weighted by Gasteiger charge is -2.33. The van der Waals surface area contributed by atoms with Crippen molar-refractivity contribution in [1.29, 1.82) is 0 Å². The van der Waals surface area contributed by atoms with Gasteiger partial charge in [-0.15, -0.1) is 0 Å². The summed E-state index contributed by atoms with van der Waals surface area (Å²) in [6, 6.07) is 5.52. The lowest BCUT2D eigenvalue weighted by atomic mass is 9.97. The number of ether oxygens (including phenoxy) is 1. The number of rotatable bonds is 3. The Morgan fingerprint density at radius 3 is 2.76 bits per heavy atom. The molecule has 2 N–H and O–H groups in total. The van der Waals surface area contributed by atoms with E-state index in [2.05, 4.69) is 16.8 Å². The van der Waals surface area contributed by atoms with E-state index in [1.165, 1.54) is 5.56 Å². The van der Waals surface area contributed by atoms with Crippen LogP contribution in [0.1, 0.15) is 18.0 Å². The summed E-state index contributed by atoms with van der Waals surface area (Å²) in [4.78, 5) is 4.58. The first-order valence-corrected chi connectivity index (χ1v) is 7.71. The van der Waals surface area contributed by atoms with Gasteiger partial charge in [-0.05, 0) is 43.6 Å². The molecule has 2 unspecified atom stereocenters. The molecule has 0 bridgehead atoms. The van der Waals surface area contributed by atoms with Gasteiger partial charge in [-0.1, -0.05) is 6.07 Å². The molecular formula is C16H24FN3O. The Bertz CT molecular complexity index is 490. The molecule has 0 aliphatic carbocycles. The first kappa shape index (κ1) is 14.8. The Morgan fingerprint density at radius 1 is 1.33 bits per heavy atom. The Hall–Kier alpha value is -1.17. The molecule has 0 aromatic heterocycles. The number of anilines is 1. The van der Waals surface area contributed by atoms with Crippen LogP contribution in [0, 0.1) is 11.7 Å². The fourth-order valence-electron chi connectivity index (χ4n) is 3.52. The molecule has 1 aromatic rings. The molecule has 3 rings (SSSR count). The molecule has 2 saturated heterocycles. The minimum Gasteiger partial charge on any atom is -0.378 e. The van der Waals surface area contributed by atoms with Gasteiger partial charge in [0.25, 0.3) is 0 Å². The molecule has 2 heterocycles. The van der Waals surface area contributed by atoms with Gasteiger partial charge in [0, 0.05) is 31.4 Å². The molecule has 0 saturated carbocycles. The summed E-state index contributed by atoms with van der Waals surface area (Å²) < 4.78 is 19.1. The van der Waals surface area contributed by atoms with Crippen molar-refractivity contribution in [2.75, 3.05) is 51.3 Å². The first-order valence-electron chi connectivity index (χ1n) is 7.71. The van der Waals surface area contributed by atoms with Gasteiger partial charge in [-0.2, -0.15) is 0 Å². The van der Waals surface area contributed by atoms with Crippen LogP contribution >= 0.6 is 0 Å². The Kier molecular flexibility index (Phi) is 4.42. The van der Waals surface area contributed by atoms with E-state index < -0.39 is 0 Å². The fraction of sp³-hybridized carbons (Fsp3) is 0.625. The Morgan fingerprint density at radius 2 is 2.10 bits per heavy atom. The third-order valence-electron chi connectivity index (χ3n) is 4.67. The number of halogens is 1. The van der Waals surface area contributed by atoms with E-state index in [-0.39, 0.29) is 5.82 Å². The zero-order valence-electron chi connectivity index (χ0n) is 12.6. The van der Waals surface area contributed by atoms with Crippen LogP contribution in [0.25, 0.3) is 0 Å². The predicted octanol–water partition coefficient (Wildman–Crippen LogP) is 1.61. The standard InChI is InChI=1S/C16H24FN3O/c1-19-11-12(10-18)8-15(19)14-3-2-13(17)9-16(14)20-4-6-21-7-5-20/h2-3,9,12,15H,4-8,10-11,18H2,1H3. The molecule has 0 amide bonds. The van der Waals surface area contributed by atoms with Gasteiger partial charge < -0.3 is 15.4 Å². The van der Waals surface area contributed by atoms with E-state index in [1.54, 1.807) is 12.1 Å². The summed E-state index contributed by atoms with van der Waals surface area (Å²) in [6.45, 7) is 4.81. The minimum atomic E-state index is -0.170. The van der Waals surface area contributed by atoms with Crippen LogP contribution in [0.2, 0.25) is 0 Å². The van der Waals surface area contributed by atoms with Gasteiger partial charge in [0.2, 0.25) is 0 Å². The van der Waals surface area contributed by atoms with E-state index >= 15 is 0 Å². The Balaban J connectivity index is 1.90. The molecule has 4 nitrogen and oxygen atoms in total. The highest BCUT2D eigenvalue weighted by molar-refractivity contribution is 5.56. The maximum atomic E-state index is 13.7. The third kappa shape index (κ3) is 3.05. The molecule has 5 heteroatoms. The van der Waals surface area contributed by atoms with Crippen LogP contribution < -0.4 is 10.6 Å². The zero-order valence-corrected chi connectivity index (χ0v) is 12.6. The number of benzene rings is 1. The normalized spacial score (nSPS) is 27.3. The van der Waals surface area contributed by atoms with E-state index in [4.69, 9.17) is 10.5 Å². The van der Waals surface area contributed by atoms with Gasteiger partial charge in [-0.25, -0.2) is 4.39 Å².